The van der Waals surface area contributed by atoms with E-state index in [4.69, 9.17) is 16.0 Å². The number of rotatable bonds is 3. The number of hydrogen-bond acceptors (Lipinski definition) is 3. The van der Waals surface area contributed by atoms with Crippen molar-refractivity contribution in [1.29, 1.82) is 0 Å². The second-order valence-corrected chi connectivity index (χ2v) is 3.33. The van der Waals surface area contributed by atoms with Crippen molar-refractivity contribution >= 4 is 23.5 Å². The maximum absolute atomic E-state index is 5.75. The predicted molar refractivity (Wildman–Crippen MR) is 61.4 cm³/mol. The largest absolute Gasteiger partial charge is 0.463 e. The molecular formula is C11H9ClN2O. The topological polar surface area (TPSA) is 37.5 Å². The van der Waals surface area contributed by atoms with Gasteiger partial charge in [0.15, 0.2) is 0 Å². The highest BCUT2D eigenvalue weighted by molar-refractivity contribution is 6.30. The lowest BCUT2D eigenvalue weighted by atomic mass is 10.3. The van der Waals surface area contributed by atoms with Crippen LogP contribution in [0, 0.1) is 0 Å². The highest BCUT2D eigenvalue weighted by atomic mass is 35.5. The summed E-state index contributed by atoms with van der Waals surface area (Å²) in [7, 11) is 0. The van der Waals surface area contributed by atoms with Crippen molar-refractivity contribution in [2.75, 3.05) is 5.43 Å². The molecule has 0 saturated heterocycles. The molecule has 4 heteroatoms. The van der Waals surface area contributed by atoms with Gasteiger partial charge in [0.25, 0.3) is 0 Å². The molecule has 2 rings (SSSR count). The molecule has 0 atom stereocenters. The van der Waals surface area contributed by atoms with Gasteiger partial charge in [-0.15, -0.1) is 0 Å². The second kappa shape index (κ2) is 4.66. The molecule has 1 aromatic carbocycles. The minimum absolute atomic E-state index is 0.704. The molecule has 0 radical (unpaired) electrons. The monoisotopic (exact) mass is 220 g/mol. The zero-order chi connectivity index (χ0) is 10.5. The molecule has 2 aromatic rings. The number of halogens is 1. The van der Waals surface area contributed by atoms with Gasteiger partial charge in [0, 0.05) is 5.02 Å². The zero-order valence-corrected chi connectivity index (χ0v) is 8.61. The quantitative estimate of drug-likeness (QED) is 0.636. The Bertz CT molecular complexity index is 434. The molecule has 0 aliphatic carbocycles. The molecule has 1 aromatic heterocycles. The summed E-state index contributed by atoms with van der Waals surface area (Å²) < 4.78 is 5.08. The minimum atomic E-state index is 0.704. The van der Waals surface area contributed by atoms with Gasteiger partial charge in [-0.1, -0.05) is 11.6 Å². The Balaban J connectivity index is 1.96. The van der Waals surface area contributed by atoms with Crippen LogP contribution in [0.3, 0.4) is 0 Å². The van der Waals surface area contributed by atoms with Crippen LogP contribution in [-0.2, 0) is 0 Å². The first-order chi connectivity index (χ1) is 7.34. The molecule has 0 bridgehead atoms. The molecule has 0 saturated carbocycles. The molecule has 0 spiro atoms. The second-order valence-electron chi connectivity index (χ2n) is 2.89. The van der Waals surface area contributed by atoms with Gasteiger partial charge in [0.2, 0.25) is 0 Å². The number of hydrazone groups is 1. The van der Waals surface area contributed by atoms with Crippen molar-refractivity contribution in [2.24, 2.45) is 5.10 Å². The SMILES string of the molecule is Clc1ccc(N/N=C/c2ccco2)cc1. The first kappa shape index (κ1) is 9.80. The van der Waals surface area contributed by atoms with Crippen molar-refractivity contribution in [3.8, 4) is 0 Å². The van der Waals surface area contributed by atoms with Crippen LogP contribution < -0.4 is 5.43 Å². The zero-order valence-electron chi connectivity index (χ0n) is 7.85. The number of nitrogens with zero attached hydrogens (tertiary/aromatic N) is 1. The Labute approximate surface area is 92.4 Å². The van der Waals surface area contributed by atoms with E-state index >= 15 is 0 Å². The Hall–Kier alpha value is -1.74. The Morgan fingerprint density at radius 1 is 1.20 bits per heavy atom. The summed E-state index contributed by atoms with van der Waals surface area (Å²) in [6, 6.07) is 10.9. The fourth-order valence-electron chi connectivity index (χ4n) is 1.06. The van der Waals surface area contributed by atoms with Crippen LogP contribution in [0.5, 0.6) is 0 Å². The van der Waals surface area contributed by atoms with Crippen molar-refractivity contribution in [3.63, 3.8) is 0 Å². The average molecular weight is 221 g/mol. The van der Waals surface area contributed by atoms with E-state index in [0.717, 1.165) is 5.69 Å². The van der Waals surface area contributed by atoms with Crippen LogP contribution in [0.25, 0.3) is 0 Å². The van der Waals surface area contributed by atoms with Crippen molar-refractivity contribution in [3.05, 3.63) is 53.4 Å². The van der Waals surface area contributed by atoms with Gasteiger partial charge in [-0.05, 0) is 36.4 Å². The van der Waals surface area contributed by atoms with Gasteiger partial charge in [-0.3, -0.25) is 5.43 Å². The molecule has 15 heavy (non-hydrogen) atoms. The first-order valence-electron chi connectivity index (χ1n) is 4.43. The van der Waals surface area contributed by atoms with Crippen molar-refractivity contribution in [2.45, 2.75) is 0 Å². The van der Waals surface area contributed by atoms with E-state index < -0.39 is 0 Å². The van der Waals surface area contributed by atoms with Gasteiger partial charge in [-0.2, -0.15) is 5.10 Å². The molecule has 0 fully saturated rings. The van der Waals surface area contributed by atoms with Crippen molar-refractivity contribution < 1.29 is 4.42 Å². The van der Waals surface area contributed by atoms with E-state index in [9.17, 15) is 0 Å². The maximum Gasteiger partial charge on any atom is 0.146 e. The highest BCUT2D eigenvalue weighted by Crippen LogP contribution is 2.13. The van der Waals surface area contributed by atoms with E-state index in [0.29, 0.717) is 10.8 Å². The van der Waals surface area contributed by atoms with Gasteiger partial charge in [-0.25, -0.2) is 0 Å². The fraction of sp³-hybridized carbons (Fsp3) is 0. The normalized spacial score (nSPS) is 10.7. The molecule has 1 N–H and O–H groups in total. The summed E-state index contributed by atoms with van der Waals surface area (Å²) in [5.41, 5.74) is 3.74. The van der Waals surface area contributed by atoms with Crippen molar-refractivity contribution in [1.82, 2.24) is 0 Å². The van der Waals surface area contributed by atoms with Crippen LogP contribution in [0.15, 0.2) is 52.2 Å². The Kier molecular flexibility index (Phi) is 3.05. The minimum Gasteiger partial charge on any atom is -0.463 e. The van der Waals surface area contributed by atoms with Gasteiger partial charge < -0.3 is 4.42 Å². The predicted octanol–water partition coefficient (Wildman–Crippen LogP) is 3.38. The number of furan rings is 1. The summed E-state index contributed by atoms with van der Waals surface area (Å²) in [6.45, 7) is 0. The highest BCUT2D eigenvalue weighted by Gasteiger charge is 1.90. The smallest absolute Gasteiger partial charge is 0.146 e. The number of nitrogens with one attached hydrogen (secondary N) is 1. The Morgan fingerprint density at radius 3 is 2.67 bits per heavy atom. The molecule has 3 nitrogen and oxygen atoms in total. The van der Waals surface area contributed by atoms with E-state index in [1.54, 1.807) is 24.6 Å². The van der Waals surface area contributed by atoms with Crippen LogP contribution in [0.4, 0.5) is 5.69 Å². The summed E-state index contributed by atoms with van der Waals surface area (Å²) >= 11 is 5.75. The summed E-state index contributed by atoms with van der Waals surface area (Å²) in [5.74, 6) is 0.705. The summed E-state index contributed by atoms with van der Waals surface area (Å²) in [4.78, 5) is 0. The lowest BCUT2D eigenvalue weighted by Gasteiger charge is -1.98. The third-order valence-corrected chi connectivity index (χ3v) is 2.02. The van der Waals surface area contributed by atoms with Crippen LogP contribution in [0.1, 0.15) is 5.76 Å². The molecule has 0 unspecified atom stereocenters. The summed E-state index contributed by atoms with van der Waals surface area (Å²) in [5, 5.41) is 4.71. The molecule has 0 aliphatic heterocycles. The Morgan fingerprint density at radius 2 is 2.00 bits per heavy atom. The van der Waals surface area contributed by atoms with Gasteiger partial charge >= 0.3 is 0 Å². The lowest BCUT2D eigenvalue weighted by molar-refractivity contribution is 0.560. The first-order valence-corrected chi connectivity index (χ1v) is 4.80. The van der Waals surface area contributed by atoms with E-state index in [1.807, 2.05) is 24.3 Å². The third kappa shape index (κ3) is 2.86. The number of anilines is 1. The number of hydrogen-bond donors (Lipinski definition) is 1. The molecule has 76 valence electrons. The maximum atomic E-state index is 5.75. The third-order valence-electron chi connectivity index (χ3n) is 1.77. The van der Waals surface area contributed by atoms with Crippen LogP contribution in [0.2, 0.25) is 5.02 Å². The number of benzene rings is 1. The molecule has 1 heterocycles. The summed E-state index contributed by atoms with van der Waals surface area (Å²) in [6.07, 6.45) is 3.21. The van der Waals surface area contributed by atoms with Gasteiger partial charge in [0.05, 0.1) is 18.2 Å². The molecular weight excluding hydrogens is 212 g/mol. The average Bonchev–Trinajstić information content (AvgIpc) is 2.74. The van der Waals surface area contributed by atoms with E-state index in [-0.39, 0.29) is 0 Å². The fourth-order valence-corrected chi connectivity index (χ4v) is 1.19. The molecule has 0 aliphatic rings. The van der Waals surface area contributed by atoms with Crippen LogP contribution >= 0.6 is 11.6 Å². The van der Waals surface area contributed by atoms with E-state index in [2.05, 4.69) is 10.5 Å². The standard InChI is InChI=1S/C11H9ClN2O/c12-9-3-5-10(6-4-9)14-13-8-11-2-1-7-15-11/h1-8,14H/b13-8+. The lowest BCUT2D eigenvalue weighted by Crippen LogP contribution is -1.88. The van der Waals surface area contributed by atoms with Gasteiger partial charge in [0.1, 0.15) is 5.76 Å². The van der Waals surface area contributed by atoms with Crippen LogP contribution in [-0.4, -0.2) is 6.21 Å². The molecule has 0 amide bonds. The van der Waals surface area contributed by atoms with E-state index in [1.165, 1.54) is 0 Å².